The molecule has 0 radical (unpaired) electrons. The number of likely N-dealkylation sites (tertiary alicyclic amines) is 1. The second-order valence-corrected chi connectivity index (χ2v) is 2.66. The van der Waals surface area contributed by atoms with Gasteiger partial charge in [0.15, 0.2) is 0 Å². The average Bonchev–Trinajstić information content (AvgIpc) is 2.31. The highest BCUT2D eigenvalue weighted by molar-refractivity contribution is 5.95. The van der Waals surface area contributed by atoms with Crippen molar-refractivity contribution in [1.29, 1.82) is 0 Å². The normalized spacial score (nSPS) is 21.8. The lowest BCUT2D eigenvalue weighted by Gasteiger charge is -2.04. The van der Waals surface area contributed by atoms with Crippen LogP contribution < -0.4 is 0 Å². The van der Waals surface area contributed by atoms with Crippen LogP contribution in [0.15, 0.2) is 11.6 Å². The van der Waals surface area contributed by atoms with Gasteiger partial charge in [0.25, 0.3) is 0 Å². The lowest BCUT2D eigenvalue weighted by molar-refractivity contribution is -0.123. The Hall–Kier alpha value is -0.830. The third-order valence-corrected chi connectivity index (χ3v) is 1.83. The van der Waals surface area contributed by atoms with Gasteiger partial charge in [0.2, 0.25) is 5.91 Å². The van der Waals surface area contributed by atoms with Crippen LogP contribution in [0.5, 0.6) is 0 Å². The van der Waals surface area contributed by atoms with Crippen molar-refractivity contribution in [3.05, 3.63) is 11.6 Å². The van der Waals surface area contributed by atoms with E-state index in [2.05, 4.69) is 0 Å². The molecule has 1 rings (SSSR count). The number of rotatable bonds is 2. The second kappa shape index (κ2) is 3.53. The number of amides is 1. The molecule has 1 amide bonds. The average molecular weight is 155 g/mol. The maximum absolute atomic E-state index is 11.2. The minimum absolute atomic E-state index is 0.141. The fraction of sp³-hybridized carbons (Fsp3) is 0.625. The summed E-state index contributed by atoms with van der Waals surface area (Å²) in [7, 11) is 3.44. The molecule has 1 saturated heterocycles. The summed E-state index contributed by atoms with van der Waals surface area (Å²) in [6, 6.07) is 0. The monoisotopic (exact) mass is 155 g/mol. The molecule has 1 fully saturated rings. The molecule has 1 aliphatic heterocycles. The molecular formula is C8H13NO2. The number of methoxy groups -OCH3 is 1. The van der Waals surface area contributed by atoms with Crippen molar-refractivity contribution in [2.45, 2.75) is 6.42 Å². The predicted octanol–water partition coefficient (Wildman–Crippen LogP) is 0.421. The highest BCUT2D eigenvalue weighted by Crippen LogP contribution is 2.14. The molecule has 0 spiro atoms. The summed E-state index contributed by atoms with van der Waals surface area (Å²) in [4.78, 5) is 12.9. The Kier molecular flexibility index (Phi) is 2.65. The largest absolute Gasteiger partial charge is 0.381 e. The number of carbonyl (C=O) groups is 1. The molecule has 0 unspecified atom stereocenters. The van der Waals surface area contributed by atoms with E-state index in [1.165, 1.54) is 0 Å². The molecular weight excluding hydrogens is 142 g/mol. The molecule has 1 heterocycles. The van der Waals surface area contributed by atoms with Gasteiger partial charge in [-0.25, -0.2) is 0 Å². The first-order valence-corrected chi connectivity index (χ1v) is 3.69. The summed E-state index contributed by atoms with van der Waals surface area (Å²) in [5.74, 6) is 0.141. The zero-order valence-corrected chi connectivity index (χ0v) is 6.96. The summed E-state index contributed by atoms with van der Waals surface area (Å²) < 4.78 is 4.84. The summed E-state index contributed by atoms with van der Waals surface area (Å²) in [5.41, 5.74) is 0.884. The molecule has 62 valence electrons. The lowest BCUT2D eigenvalue weighted by Crippen LogP contribution is -2.19. The third-order valence-electron chi connectivity index (χ3n) is 1.83. The van der Waals surface area contributed by atoms with Crippen LogP contribution in [0.25, 0.3) is 0 Å². The van der Waals surface area contributed by atoms with E-state index in [4.69, 9.17) is 4.74 Å². The fourth-order valence-electron chi connectivity index (χ4n) is 1.12. The number of ether oxygens (including phenoxy) is 1. The lowest BCUT2D eigenvalue weighted by atomic mass is 10.2. The number of hydrogen-bond acceptors (Lipinski definition) is 2. The Morgan fingerprint density at radius 1 is 1.73 bits per heavy atom. The third kappa shape index (κ3) is 1.80. The van der Waals surface area contributed by atoms with Crippen LogP contribution in [0.4, 0.5) is 0 Å². The number of carbonyl (C=O) groups excluding carboxylic acids is 1. The van der Waals surface area contributed by atoms with Gasteiger partial charge in [-0.05, 0) is 6.42 Å². The first-order chi connectivity index (χ1) is 5.25. The van der Waals surface area contributed by atoms with Gasteiger partial charge < -0.3 is 9.64 Å². The van der Waals surface area contributed by atoms with Crippen LogP contribution in [0.1, 0.15) is 6.42 Å². The smallest absolute Gasteiger partial charge is 0.249 e. The summed E-state index contributed by atoms with van der Waals surface area (Å²) in [5, 5.41) is 0. The summed E-state index contributed by atoms with van der Waals surface area (Å²) in [6.07, 6.45) is 2.71. The Labute approximate surface area is 66.6 Å². The van der Waals surface area contributed by atoms with Gasteiger partial charge in [-0.15, -0.1) is 0 Å². The van der Waals surface area contributed by atoms with Crippen molar-refractivity contribution in [2.24, 2.45) is 0 Å². The molecule has 0 aromatic rings. The van der Waals surface area contributed by atoms with Gasteiger partial charge in [0, 0.05) is 26.3 Å². The van der Waals surface area contributed by atoms with E-state index in [1.807, 2.05) is 13.1 Å². The van der Waals surface area contributed by atoms with Gasteiger partial charge in [-0.1, -0.05) is 6.08 Å². The Morgan fingerprint density at radius 3 is 2.91 bits per heavy atom. The maximum Gasteiger partial charge on any atom is 0.249 e. The van der Waals surface area contributed by atoms with Crippen LogP contribution in [-0.2, 0) is 9.53 Å². The second-order valence-electron chi connectivity index (χ2n) is 2.66. The van der Waals surface area contributed by atoms with Crippen LogP contribution in [-0.4, -0.2) is 38.1 Å². The first kappa shape index (κ1) is 8.27. The van der Waals surface area contributed by atoms with Crippen molar-refractivity contribution in [3.63, 3.8) is 0 Å². The number of likely N-dealkylation sites (N-methyl/N-ethyl adjacent to an activating group) is 1. The zero-order valence-electron chi connectivity index (χ0n) is 6.96. The first-order valence-electron chi connectivity index (χ1n) is 3.69. The van der Waals surface area contributed by atoms with Crippen LogP contribution in [0.3, 0.4) is 0 Å². The summed E-state index contributed by atoms with van der Waals surface area (Å²) >= 11 is 0. The van der Waals surface area contributed by atoms with Gasteiger partial charge >= 0.3 is 0 Å². The summed E-state index contributed by atoms with van der Waals surface area (Å²) in [6.45, 7) is 1.38. The van der Waals surface area contributed by atoms with E-state index in [9.17, 15) is 4.79 Å². The molecule has 0 aliphatic carbocycles. The fourth-order valence-corrected chi connectivity index (χ4v) is 1.12. The zero-order chi connectivity index (χ0) is 8.27. The molecule has 1 aliphatic rings. The molecule has 11 heavy (non-hydrogen) atoms. The molecule has 0 aromatic carbocycles. The number of hydrogen-bond donors (Lipinski definition) is 0. The van der Waals surface area contributed by atoms with E-state index in [0.29, 0.717) is 6.61 Å². The van der Waals surface area contributed by atoms with E-state index in [-0.39, 0.29) is 5.91 Å². The van der Waals surface area contributed by atoms with Crippen LogP contribution in [0.2, 0.25) is 0 Å². The molecule has 3 heteroatoms. The Bertz CT molecular complexity index is 187. The minimum atomic E-state index is 0.141. The molecule has 0 N–H and O–H groups in total. The molecule has 3 nitrogen and oxygen atoms in total. The van der Waals surface area contributed by atoms with Gasteiger partial charge in [-0.3, -0.25) is 4.79 Å². The van der Waals surface area contributed by atoms with Gasteiger partial charge in [-0.2, -0.15) is 0 Å². The van der Waals surface area contributed by atoms with Gasteiger partial charge in [0.1, 0.15) is 0 Å². The van der Waals surface area contributed by atoms with Crippen LogP contribution in [0, 0.1) is 0 Å². The highest BCUT2D eigenvalue weighted by atomic mass is 16.5. The van der Waals surface area contributed by atoms with E-state index in [0.717, 1.165) is 18.5 Å². The standard InChI is InChI=1S/C8H13NO2/c1-9-5-3-7(8(9)10)4-6-11-2/h4H,3,5-6H2,1-2H3/b7-4-. The van der Waals surface area contributed by atoms with E-state index >= 15 is 0 Å². The Balaban J connectivity index is 2.54. The molecule has 0 bridgehead atoms. The van der Waals surface area contributed by atoms with Crippen molar-refractivity contribution >= 4 is 5.91 Å². The SMILES string of the molecule is COC/C=C1/CCN(C)C1=O. The van der Waals surface area contributed by atoms with Crippen molar-refractivity contribution in [2.75, 3.05) is 27.3 Å². The van der Waals surface area contributed by atoms with E-state index < -0.39 is 0 Å². The molecule has 0 saturated carbocycles. The number of nitrogens with zero attached hydrogens (tertiary/aromatic N) is 1. The topological polar surface area (TPSA) is 29.5 Å². The molecule has 0 atom stereocenters. The minimum Gasteiger partial charge on any atom is -0.381 e. The highest BCUT2D eigenvalue weighted by Gasteiger charge is 2.21. The van der Waals surface area contributed by atoms with Crippen LogP contribution >= 0.6 is 0 Å². The van der Waals surface area contributed by atoms with Crippen molar-refractivity contribution in [1.82, 2.24) is 4.90 Å². The van der Waals surface area contributed by atoms with Crippen molar-refractivity contribution < 1.29 is 9.53 Å². The van der Waals surface area contributed by atoms with Gasteiger partial charge in [0.05, 0.1) is 6.61 Å². The predicted molar refractivity (Wildman–Crippen MR) is 42.2 cm³/mol. The quantitative estimate of drug-likeness (QED) is 0.541. The maximum atomic E-state index is 11.2. The van der Waals surface area contributed by atoms with Crippen molar-refractivity contribution in [3.8, 4) is 0 Å². The Morgan fingerprint density at radius 2 is 2.45 bits per heavy atom. The van der Waals surface area contributed by atoms with E-state index in [1.54, 1.807) is 12.0 Å². The molecule has 0 aromatic heterocycles.